The molecule has 1 unspecified atom stereocenters. The van der Waals surface area contributed by atoms with Gasteiger partial charge in [-0.15, -0.1) is 0 Å². The van der Waals surface area contributed by atoms with E-state index in [2.05, 4.69) is 15.3 Å². The molecule has 1 aliphatic rings. The average molecular weight is 388 g/mol. The van der Waals surface area contributed by atoms with E-state index < -0.39 is 9.84 Å². The SMILES string of the molecule is CCCNc1cc(C(=O)N(C)C2CCS(=O)(=O)C2)nc(-c2ccccc2)n1. The highest BCUT2D eigenvalue weighted by atomic mass is 32.2. The van der Waals surface area contributed by atoms with Crippen LogP contribution in [0.1, 0.15) is 30.3 Å². The molecule has 0 aliphatic carbocycles. The van der Waals surface area contributed by atoms with Gasteiger partial charge in [-0.05, 0) is 12.8 Å². The fourth-order valence-corrected chi connectivity index (χ4v) is 4.82. The molecule has 1 fully saturated rings. The van der Waals surface area contributed by atoms with E-state index >= 15 is 0 Å². The minimum atomic E-state index is -3.07. The summed E-state index contributed by atoms with van der Waals surface area (Å²) in [4.78, 5) is 23.4. The lowest BCUT2D eigenvalue weighted by Gasteiger charge is -2.23. The van der Waals surface area contributed by atoms with Crippen LogP contribution in [0.3, 0.4) is 0 Å². The monoisotopic (exact) mass is 388 g/mol. The third-order valence-electron chi connectivity index (χ3n) is 4.61. The standard InChI is InChI=1S/C19H24N4O3S/c1-3-10-20-17-12-16(21-18(22-17)14-7-5-4-6-8-14)19(24)23(2)15-9-11-27(25,26)13-15/h4-8,12,15H,3,9-11,13H2,1-2H3,(H,20,21,22). The molecule has 144 valence electrons. The molecule has 27 heavy (non-hydrogen) atoms. The Morgan fingerprint density at radius 3 is 2.63 bits per heavy atom. The molecule has 8 heteroatoms. The maximum absolute atomic E-state index is 13.0. The summed E-state index contributed by atoms with van der Waals surface area (Å²) in [5.41, 5.74) is 1.08. The minimum absolute atomic E-state index is 0.00675. The Morgan fingerprint density at radius 2 is 2.00 bits per heavy atom. The van der Waals surface area contributed by atoms with E-state index in [0.29, 0.717) is 18.1 Å². The van der Waals surface area contributed by atoms with Crippen LogP contribution in [0, 0.1) is 0 Å². The molecule has 0 saturated carbocycles. The fraction of sp³-hybridized carbons (Fsp3) is 0.421. The lowest BCUT2D eigenvalue weighted by Crippen LogP contribution is -2.38. The fourth-order valence-electron chi connectivity index (χ4n) is 3.04. The maximum Gasteiger partial charge on any atom is 0.272 e. The summed E-state index contributed by atoms with van der Waals surface area (Å²) in [6, 6.07) is 10.8. The zero-order valence-electron chi connectivity index (χ0n) is 15.6. The molecule has 3 rings (SSSR count). The summed E-state index contributed by atoms with van der Waals surface area (Å²) in [5.74, 6) is 0.884. The van der Waals surface area contributed by atoms with E-state index in [9.17, 15) is 13.2 Å². The number of carbonyl (C=O) groups is 1. The van der Waals surface area contributed by atoms with Crippen molar-refractivity contribution in [3.63, 3.8) is 0 Å². The highest BCUT2D eigenvalue weighted by Crippen LogP contribution is 2.21. The molecule has 0 spiro atoms. The van der Waals surface area contributed by atoms with Gasteiger partial charge in [-0.3, -0.25) is 4.79 Å². The first kappa shape index (κ1) is 19.3. The van der Waals surface area contributed by atoms with Crippen LogP contribution in [0.15, 0.2) is 36.4 Å². The molecule has 0 radical (unpaired) electrons. The van der Waals surface area contributed by atoms with E-state index in [0.717, 1.165) is 18.5 Å². The van der Waals surface area contributed by atoms with Crippen molar-refractivity contribution in [1.82, 2.24) is 14.9 Å². The molecule has 0 bridgehead atoms. The molecule has 1 saturated heterocycles. The Morgan fingerprint density at radius 1 is 1.26 bits per heavy atom. The van der Waals surface area contributed by atoms with Crippen LogP contribution < -0.4 is 5.32 Å². The average Bonchev–Trinajstić information content (AvgIpc) is 3.05. The van der Waals surface area contributed by atoms with E-state index in [4.69, 9.17) is 0 Å². The van der Waals surface area contributed by atoms with Gasteiger partial charge in [0.15, 0.2) is 15.7 Å². The molecule has 1 N–H and O–H groups in total. The van der Waals surface area contributed by atoms with Crippen LogP contribution in [0.2, 0.25) is 0 Å². The number of nitrogens with zero attached hydrogens (tertiary/aromatic N) is 3. The van der Waals surface area contributed by atoms with Crippen molar-refractivity contribution >= 4 is 21.6 Å². The third-order valence-corrected chi connectivity index (χ3v) is 6.36. The number of benzene rings is 1. The highest BCUT2D eigenvalue weighted by Gasteiger charge is 2.33. The van der Waals surface area contributed by atoms with Gasteiger partial charge in [0.25, 0.3) is 5.91 Å². The lowest BCUT2D eigenvalue weighted by molar-refractivity contribution is 0.0742. The Kier molecular flexibility index (Phi) is 5.74. The molecule has 1 aliphatic heterocycles. The second kappa shape index (κ2) is 8.04. The van der Waals surface area contributed by atoms with Crippen LogP contribution in [0.5, 0.6) is 0 Å². The number of amides is 1. The minimum Gasteiger partial charge on any atom is -0.370 e. The van der Waals surface area contributed by atoms with Crippen LogP contribution in [-0.2, 0) is 9.84 Å². The summed E-state index contributed by atoms with van der Waals surface area (Å²) >= 11 is 0. The van der Waals surface area contributed by atoms with Crippen molar-refractivity contribution in [1.29, 1.82) is 0 Å². The molecular weight excluding hydrogens is 364 g/mol. The zero-order valence-corrected chi connectivity index (χ0v) is 16.4. The van der Waals surface area contributed by atoms with Crippen LogP contribution in [0.4, 0.5) is 5.82 Å². The highest BCUT2D eigenvalue weighted by molar-refractivity contribution is 7.91. The van der Waals surface area contributed by atoms with Gasteiger partial charge in [0, 0.05) is 31.3 Å². The van der Waals surface area contributed by atoms with Crippen LogP contribution >= 0.6 is 0 Å². The van der Waals surface area contributed by atoms with Gasteiger partial charge in [0.05, 0.1) is 11.5 Å². The zero-order chi connectivity index (χ0) is 19.4. The molecular formula is C19H24N4O3S. The number of rotatable bonds is 6. The van der Waals surface area contributed by atoms with Crippen molar-refractivity contribution in [3.05, 3.63) is 42.1 Å². The first-order valence-corrected chi connectivity index (χ1v) is 10.9. The molecule has 1 aromatic heterocycles. The quantitative estimate of drug-likeness (QED) is 0.816. The first-order chi connectivity index (χ1) is 12.9. The van der Waals surface area contributed by atoms with E-state index in [1.165, 1.54) is 4.90 Å². The number of nitrogens with one attached hydrogen (secondary N) is 1. The Labute approximate surface area is 159 Å². The van der Waals surface area contributed by atoms with Crippen LogP contribution in [-0.4, -0.2) is 60.3 Å². The van der Waals surface area contributed by atoms with E-state index in [1.807, 2.05) is 37.3 Å². The summed E-state index contributed by atoms with van der Waals surface area (Å²) in [6.45, 7) is 2.78. The Hall–Kier alpha value is -2.48. The van der Waals surface area contributed by atoms with Crippen molar-refractivity contribution in [2.45, 2.75) is 25.8 Å². The number of sulfone groups is 1. The summed E-state index contributed by atoms with van der Waals surface area (Å²) in [6.07, 6.45) is 1.38. The predicted molar refractivity (Wildman–Crippen MR) is 105 cm³/mol. The molecule has 1 amide bonds. The van der Waals surface area contributed by atoms with Crippen LogP contribution in [0.25, 0.3) is 11.4 Å². The van der Waals surface area contributed by atoms with Crippen molar-refractivity contribution < 1.29 is 13.2 Å². The van der Waals surface area contributed by atoms with Gasteiger partial charge in [-0.25, -0.2) is 18.4 Å². The number of carbonyl (C=O) groups excluding carboxylic acids is 1. The third kappa shape index (κ3) is 4.63. The van der Waals surface area contributed by atoms with Gasteiger partial charge in [0.2, 0.25) is 0 Å². The topological polar surface area (TPSA) is 92.3 Å². The smallest absolute Gasteiger partial charge is 0.272 e. The number of aromatic nitrogens is 2. The molecule has 1 aromatic carbocycles. The molecule has 2 aromatic rings. The largest absolute Gasteiger partial charge is 0.370 e. The molecule has 1 atom stereocenters. The van der Waals surface area contributed by atoms with E-state index in [1.54, 1.807) is 13.1 Å². The van der Waals surface area contributed by atoms with Gasteiger partial charge in [0.1, 0.15) is 11.5 Å². The number of hydrogen-bond donors (Lipinski definition) is 1. The molecule has 7 nitrogen and oxygen atoms in total. The first-order valence-electron chi connectivity index (χ1n) is 9.05. The normalized spacial score (nSPS) is 18.2. The Balaban J connectivity index is 1.92. The van der Waals surface area contributed by atoms with Crippen molar-refractivity contribution in [2.24, 2.45) is 0 Å². The number of anilines is 1. The van der Waals surface area contributed by atoms with Gasteiger partial charge in [-0.1, -0.05) is 37.3 Å². The summed E-state index contributed by atoms with van der Waals surface area (Å²) in [5, 5.41) is 3.20. The predicted octanol–water partition coefficient (Wildman–Crippen LogP) is 2.22. The van der Waals surface area contributed by atoms with E-state index in [-0.39, 0.29) is 29.1 Å². The van der Waals surface area contributed by atoms with Crippen molar-refractivity contribution in [3.8, 4) is 11.4 Å². The van der Waals surface area contributed by atoms with Gasteiger partial charge in [-0.2, -0.15) is 0 Å². The number of hydrogen-bond acceptors (Lipinski definition) is 6. The molecule has 2 heterocycles. The summed E-state index contributed by atoms with van der Waals surface area (Å²) < 4.78 is 23.5. The van der Waals surface area contributed by atoms with Gasteiger partial charge < -0.3 is 10.2 Å². The lowest BCUT2D eigenvalue weighted by atomic mass is 10.2. The second-order valence-electron chi connectivity index (χ2n) is 6.73. The second-order valence-corrected chi connectivity index (χ2v) is 8.96. The Bertz CT molecular complexity index is 916. The maximum atomic E-state index is 13.0. The van der Waals surface area contributed by atoms with Gasteiger partial charge >= 0.3 is 0 Å². The van der Waals surface area contributed by atoms with Crippen molar-refractivity contribution in [2.75, 3.05) is 30.4 Å². The summed E-state index contributed by atoms with van der Waals surface area (Å²) in [7, 11) is -1.43.